The molecule has 0 radical (unpaired) electrons. The van der Waals surface area contributed by atoms with E-state index in [0.29, 0.717) is 10.9 Å². The Hall–Kier alpha value is -2.13. The number of imide groups is 1. The second kappa shape index (κ2) is 9.54. The second-order valence-corrected chi connectivity index (χ2v) is 8.29. The highest BCUT2D eigenvalue weighted by atomic mass is 32.2. The maximum Gasteiger partial charge on any atom is 0.321 e. The number of hydrogen-bond donors (Lipinski definition) is 3. The molecule has 138 valence electrons. The first kappa shape index (κ1) is 18.7. The third-order valence-corrected chi connectivity index (χ3v) is 5.90. The van der Waals surface area contributed by atoms with Crippen LogP contribution in [0.3, 0.4) is 0 Å². The fourth-order valence-electron chi connectivity index (χ4n) is 2.68. The molecule has 0 spiro atoms. The van der Waals surface area contributed by atoms with E-state index in [1.54, 1.807) is 0 Å². The summed E-state index contributed by atoms with van der Waals surface area (Å²) in [6, 6.07) is 9.56. The van der Waals surface area contributed by atoms with Gasteiger partial charge >= 0.3 is 6.03 Å². The lowest BCUT2D eigenvalue weighted by atomic mass is 10.2. The summed E-state index contributed by atoms with van der Waals surface area (Å²) in [7, 11) is 0. The SMILES string of the molecule is O=C(CCSc1nnc(Nc2ccccc2)s1)NC(=O)NC1CCCC1. The molecule has 1 aromatic heterocycles. The normalized spacial score (nSPS) is 14.2. The van der Waals surface area contributed by atoms with Gasteiger partial charge in [0.15, 0.2) is 4.34 Å². The van der Waals surface area contributed by atoms with Crippen molar-refractivity contribution in [3.63, 3.8) is 0 Å². The van der Waals surface area contributed by atoms with E-state index in [1.807, 2.05) is 30.3 Å². The summed E-state index contributed by atoms with van der Waals surface area (Å²) in [5.74, 6) is 0.267. The summed E-state index contributed by atoms with van der Waals surface area (Å²) in [6.45, 7) is 0. The molecule has 26 heavy (non-hydrogen) atoms. The maximum absolute atomic E-state index is 11.8. The lowest BCUT2D eigenvalue weighted by Crippen LogP contribution is -2.43. The molecule has 1 heterocycles. The fraction of sp³-hybridized carbons (Fsp3) is 0.412. The molecule has 7 nitrogen and oxygen atoms in total. The molecular formula is C17H21N5O2S2. The number of benzene rings is 1. The molecule has 3 N–H and O–H groups in total. The van der Waals surface area contributed by atoms with E-state index in [4.69, 9.17) is 0 Å². The van der Waals surface area contributed by atoms with E-state index < -0.39 is 6.03 Å². The zero-order valence-corrected chi connectivity index (χ0v) is 15.9. The molecule has 0 aliphatic heterocycles. The zero-order valence-electron chi connectivity index (χ0n) is 14.2. The molecule has 1 aromatic carbocycles. The first-order chi connectivity index (χ1) is 12.7. The molecule has 3 amide bonds. The summed E-state index contributed by atoms with van der Waals surface area (Å²) in [5.41, 5.74) is 0.952. The zero-order chi connectivity index (χ0) is 18.2. The molecule has 1 aliphatic rings. The summed E-state index contributed by atoms with van der Waals surface area (Å²) in [4.78, 5) is 23.6. The third-order valence-electron chi connectivity index (χ3n) is 3.93. The van der Waals surface area contributed by atoms with Crippen molar-refractivity contribution >= 4 is 45.9 Å². The molecule has 9 heteroatoms. The topological polar surface area (TPSA) is 96.0 Å². The van der Waals surface area contributed by atoms with E-state index in [0.717, 1.165) is 35.7 Å². The summed E-state index contributed by atoms with van der Waals surface area (Å²) >= 11 is 2.89. The lowest BCUT2D eigenvalue weighted by molar-refractivity contribution is -0.119. The van der Waals surface area contributed by atoms with Crippen LogP contribution >= 0.6 is 23.1 Å². The van der Waals surface area contributed by atoms with Crippen molar-refractivity contribution < 1.29 is 9.59 Å². The van der Waals surface area contributed by atoms with Crippen LogP contribution in [0.5, 0.6) is 0 Å². The Bertz CT molecular complexity index is 732. The average Bonchev–Trinajstić information content (AvgIpc) is 3.28. The Labute approximate surface area is 160 Å². The number of hydrogen-bond acceptors (Lipinski definition) is 7. The number of carbonyl (C=O) groups excluding carboxylic acids is 2. The van der Waals surface area contributed by atoms with Gasteiger partial charge in [-0.25, -0.2) is 4.79 Å². The number of carbonyl (C=O) groups is 2. The molecule has 0 saturated heterocycles. The van der Waals surface area contributed by atoms with Gasteiger partial charge in [0.1, 0.15) is 0 Å². The molecule has 1 saturated carbocycles. The van der Waals surface area contributed by atoms with Gasteiger partial charge in [0.05, 0.1) is 0 Å². The molecule has 3 rings (SSSR count). The number of anilines is 2. The molecule has 2 aromatic rings. The number of rotatable bonds is 7. The fourth-order valence-corrected chi connectivity index (χ4v) is 4.46. The first-order valence-electron chi connectivity index (χ1n) is 8.58. The van der Waals surface area contributed by atoms with Gasteiger partial charge in [-0.1, -0.05) is 54.1 Å². The van der Waals surface area contributed by atoms with Crippen LogP contribution in [0.4, 0.5) is 15.6 Å². The maximum atomic E-state index is 11.8. The van der Waals surface area contributed by atoms with Crippen LogP contribution in [0.25, 0.3) is 0 Å². The van der Waals surface area contributed by atoms with Gasteiger partial charge in [0, 0.05) is 23.9 Å². The predicted octanol–water partition coefficient (Wildman–Crippen LogP) is 3.53. The van der Waals surface area contributed by atoms with Crippen molar-refractivity contribution in [1.29, 1.82) is 0 Å². The van der Waals surface area contributed by atoms with Crippen molar-refractivity contribution in [1.82, 2.24) is 20.8 Å². The van der Waals surface area contributed by atoms with Crippen LogP contribution in [0.2, 0.25) is 0 Å². The monoisotopic (exact) mass is 391 g/mol. The average molecular weight is 392 g/mol. The predicted molar refractivity (Wildman–Crippen MR) is 104 cm³/mol. The van der Waals surface area contributed by atoms with E-state index in [9.17, 15) is 9.59 Å². The quantitative estimate of drug-likeness (QED) is 0.625. The molecule has 0 atom stereocenters. The number of urea groups is 1. The highest BCUT2D eigenvalue weighted by Gasteiger charge is 2.18. The largest absolute Gasteiger partial charge is 0.335 e. The standard InChI is InChI=1S/C17H21N5O2S2/c23-14(20-15(24)18-12-8-4-5-9-12)10-11-25-17-22-21-16(26-17)19-13-6-2-1-3-7-13/h1-3,6-7,12H,4-5,8-11H2,(H,19,21)(H2,18,20,23,24). The van der Waals surface area contributed by atoms with Crippen LogP contribution in [-0.2, 0) is 4.79 Å². The van der Waals surface area contributed by atoms with Crippen LogP contribution in [0.15, 0.2) is 34.7 Å². The molecule has 0 unspecified atom stereocenters. The minimum atomic E-state index is -0.392. The Morgan fingerprint density at radius 2 is 1.92 bits per heavy atom. The first-order valence-corrected chi connectivity index (χ1v) is 10.4. The van der Waals surface area contributed by atoms with E-state index in [-0.39, 0.29) is 18.4 Å². The molecular weight excluding hydrogens is 370 g/mol. The number of nitrogens with one attached hydrogen (secondary N) is 3. The molecule has 1 fully saturated rings. The Kier molecular flexibility index (Phi) is 6.84. The van der Waals surface area contributed by atoms with E-state index >= 15 is 0 Å². The Morgan fingerprint density at radius 3 is 2.69 bits per heavy atom. The van der Waals surface area contributed by atoms with Gasteiger partial charge in [0.25, 0.3) is 0 Å². The van der Waals surface area contributed by atoms with Crippen LogP contribution in [0.1, 0.15) is 32.1 Å². The van der Waals surface area contributed by atoms with Crippen molar-refractivity contribution in [3.05, 3.63) is 30.3 Å². The number of para-hydroxylation sites is 1. The highest BCUT2D eigenvalue weighted by Crippen LogP contribution is 2.27. The van der Waals surface area contributed by atoms with Crippen LogP contribution in [-0.4, -0.2) is 33.9 Å². The van der Waals surface area contributed by atoms with Crippen molar-refractivity contribution in [2.75, 3.05) is 11.1 Å². The van der Waals surface area contributed by atoms with E-state index in [1.165, 1.54) is 23.1 Å². The minimum absolute atomic E-state index is 0.203. The highest BCUT2D eigenvalue weighted by molar-refractivity contribution is 8.01. The van der Waals surface area contributed by atoms with Crippen molar-refractivity contribution in [2.45, 2.75) is 42.5 Å². The van der Waals surface area contributed by atoms with Gasteiger partial charge < -0.3 is 10.6 Å². The number of thioether (sulfide) groups is 1. The van der Waals surface area contributed by atoms with Gasteiger partial charge in [-0.3, -0.25) is 10.1 Å². The summed E-state index contributed by atoms with van der Waals surface area (Å²) < 4.78 is 0.784. The van der Waals surface area contributed by atoms with Crippen LogP contribution in [0, 0.1) is 0 Å². The van der Waals surface area contributed by atoms with Gasteiger partial charge in [0.2, 0.25) is 11.0 Å². The summed E-state index contributed by atoms with van der Waals surface area (Å²) in [6.07, 6.45) is 4.52. The van der Waals surface area contributed by atoms with Crippen LogP contribution < -0.4 is 16.0 Å². The Balaban J connectivity index is 1.35. The third kappa shape index (κ3) is 5.99. The lowest BCUT2D eigenvalue weighted by Gasteiger charge is -2.11. The number of amides is 3. The smallest absolute Gasteiger partial charge is 0.321 e. The minimum Gasteiger partial charge on any atom is -0.335 e. The number of nitrogens with zero attached hydrogens (tertiary/aromatic N) is 2. The number of aromatic nitrogens is 2. The Morgan fingerprint density at radius 1 is 1.15 bits per heavy atom. The van der Waals surface area contributed by atoms with Crippen molar-refractivity contribution in [3.8, 4) is 0 Å². The second-order valence-electron chi connectivity index (χ2n) is 5.97. The molecule has 1 aliphatic carbocycles. The van der Waals surface area contributed by atoms with Gasteiger partial charge in [-0.05, 0) is 25.0 Å². The molecule has 0 bridgehead atoms. The van der Waals surface area contributed by atoms with Crippen molar-refractivity contribution in [2.24, 2.45) is 0 Å². The van der Waals surface area contributed by atoms with Gasteiger partial charge in [-0.2, -0.15) is 0 Å². The van der Waals surface area contributed by atoms with E-state index in [2.05, 4.69) is 26.1 Å². The summed E-state index contributed by atoms with van der Waals surface area (Å²) in [5, 5.41) is 17.3. The van der Waals surface area contributed by atoms with Gasteiger partial charge in [-0.15, -0.1) is 10.2 Å².